The van der Waals surface area contributed by atoms with E-state index in [0.717, 1.165) is 50.7 Å². The summed E-state index contributed by atoms with van der Waals surface area (Å²) >= 11 is 0. The van der Waals surface area contributed by atoms with Gasteiger partial charge in [0.2, 0.25) is 11.8 Å². The van der Waals surface area contributed by atoms with Gasteiger partial charge in [-0.25, -0.2) is 9.78 Å². The van der Waals surface area contributed by atoms with Crippen LogP contribution in [0.25, 0.3) is 10.8 Å². The van der Waals surface area contributed by atoms with Crippen LogP contribution in [0.4, 0.5) is 35.3 Å². The molecular weight excluding hydrogens is 581 g/mol. The minimum absolute atomic E-state index is 0.00972. The highest BCUT2D eigenvalue weighted by Crippen LogP contribution is 2.35. The minimum Gasteiger partial charge on any atom is -0.495 e. The number of hydrogen-bond donors (Lipinski definition) is 3. The molecule has 0 unspecified atom stereocenters. The lowest BCUT2D eigenvalue weighted by atomic mass is 10.1. The van der Waals surface area contributed by atoms with Gasteiger partial charge in [-0.3, -0.25) is 4.90 Å². The van der Waals surface area contributed by atoms with Crippen molar-refractivity contribution in [3.63, 3.8) is 0 Å². The fourth-order valence-corrected chi connectivity index (χ4v) is 4.66. The monoisotopic (exact) mass is 612 g/mol. The standard InChI is InChI=1S/C30H31F3N6O5/c1-19-17-27(38-28(35-19)34-11-12-39-13-15-42-16-14-39)43-25-10-8-23(21-5-3-4-6-22(21)25)36-29(40)37-24-18-20(44-30(31,32)33)7-9-26(24)41-2/h3-10,17-18H,11-16H2,1-2H3,(H,34,35,38)(H2,36,37,40). The lowest BCUT2D eigenvalue weighted by Gasteiger charge is -2.26. The van der Waals surface area contributed by atoms with E-state index in [4.69, 9.17) is 14.2 Å². The van der Waals surface area contributed by atoms with E-state index in [1.54, 1.807) is 24.3 Å². The molecule has 1 aliphatic heterocycles. The maximum Gasteiger partial charge on any atom is 0.573 e. The van der Waals surface area contributed by atoms with Gasteiger partial charge in [0.1, 0.15) is 17.2 Å². The van der Waals surface area contributed by atoms with Gasteiger partial charge in [-0.1, -0.05) is 24.3 Å². The van der Waals surface area contributed by atoms with Gasteiger partial charge in [-0.05, 0) is 31.2 Å². The van der Waals surface area contributed by atoms with Gasteiger partial charge < -0.3 is 34.9 Å². The number of benzene rings is 3. The molecule has 3 N–H and O–H groups in total. The van der Waals surface area contributed by atoms with Crippen LogP contribution < -0.4 is 30.2 Å². The van der Waals surface area contributed by atoms with Gasteiger partial charge in [-0.2, -0.15) is 4.98 Å². The van der Waals surface area contributed by atoms with Crippen molar-refractivity contribution >= 4 is 34.1 Å². The molecule has 3 aromatic carbocycles. The number of nitrogens with one attached hydrogen (secondary N) is 3. The summed E-state index contributed by atoms with van der Waals surface area (Å²) in [5, 5.41) is 9.88. The summed E-state index contributed by atoms with van der Waals surface area (Å²) < 4.78 is 58.8. The van der Waals surface area contributed by atoms with E-state index >= 15 is 0 Å². The van der Waals surface area contributed by atoms with E-state index in [2.05, 4.69) is 35.6 Å². The van der Waals surface area contributed by atoms with E-state index in [0.29, 0.717) is 40.6 Å². The van der Waals surface area contributed by atoms with Gasteiger partial charge >= 0.3 is 12.4 Å². The van der Waals surface area contributed by atoms with Crippen LogP contribution in [0, 0.1) is 6.92 Å². The zero-order chi connectivity index (χ0) is 31.1. The van der Waals surface area contributed by atoms with E-state index in [1.807, 2.05) is 25.1 Å². The molecule has 1 aliphatic rings. The Hall–Kier alpha value is -4.82. The predicted molar refractivity (Wildman–Crippen MR) is 159 cm³/mol. The Labute approximate surface area is 251 Å². The van der Waals surface area contributed by atoms with E-state index in [9.17, 15) is 18.0 Å². The van der Waals surface area contributed by atoms with Crippen LogP contribution in [0.1, 0.15) is 5.69 Å². The van der Waals surface area contributed by atoms with Crippen LogP contribution in [0.2, 0.25) is 0 Å². The Morgan fingerprint density at radius 2 is 1.68 bits per heavy atom. The van der Waals surface area contributed by atoms with Gasteiger partial charge in [0.05, 0.1) is 31.7 Å². The first-order valence-electron chi connectivity index (χ1n) is 13.8. The molecule has 2 heterocycles. The number of halogens is 3. The average molecular weight is 613 g/mol. The molecule has 0 spiro atoms. The molecule has 2 amide bonds. The van der Waals surface area contributed by atoms with Crippen molar-refractivity contribution in [3.05, 3.63) is 66.4 Å². The van der Waals surface area contributed by atoms with Crippen LogP contribution in [-0.2, 0) is 4.74 Å². The molecule has 4 aromatic rings. The number of fused-ring (bicyclic) bond motifs is 1. The van der Waals surface area contributed by atoms with Gasteiger partial charge in [0, 0.05) is 54.8 Å². The number of aryl methyl sites for hydroxylation is 1. The van der Waals surface area contributed by atoms with Crippen molar-refractivity contribution in [1.82, 2.24) is 14.9 Å². The summed E-state index contributed by atoms with van der Waals surface area (Å²) in [5.74, 6) is 0.952. The molecule has 11 nitrogen and oxygen atoms in total. The number of rotatable bonds is 10. The normalized spacial score (nSPS) is 13.8. The molecule has 5 rings (SSSR count). The maximum atomic E-state index is 12.9. The van der Waals surface area contributed by atoms with Gasteiger partial charge in [0.15, 0.2) is 0 Å². The largest absolute Gasteiger partial charge is 0.573 e. The molecule has 1 fully saturated rings. The Morgan fingerprint density at radius 1 is 0.955 bits per heavy atom. The Balaban J connectivity index is 1.29. The quantitative estimate of drug-likeness (QED) is 0.197. The van der Waals surface area contributed by atoms with Gasteiger partial charge in [-0.15, -0.1) is 13.2 Å². The number of carbonyl (C=O) groups excluding carboxylic acids is 1. The fourth-order valence-electron chi connectivity index (χ4n) is 4.66. The second-order valence-electron chi connectivity index (χ2n) is 9.80. The highest BCUT2D eigenvalue weighted by molar-refractivity contribution is 6.08. The first kappa shape index (κ1) is 30.6. The molecule has 0 aliphatic carbocycles. The molecule has 0 atom stereocenters. The summed E-state index contributed by atoms with van der Waals surface area (Å²) in [4.78, 5) is 24.2. The van der Waals surface area contributed by atoms with Crippen LogP contribution in [0.3, 0.4) is 0 Å². The number of aromatic nitrogens is 2. The molecule has 0 radical (unpaired) electrons. The van der Waals surface area contributed by atoms with Crippen molar-refractivity contribution in [3.8, 4) is 23.1 Å². The zero-order valence-corrected chi connectivity index (χ0v) is 24.0. The lowest BCUT2D eigenvalue weighted by molar-refractivity contribution is -0.274. The Bertz CT molecular complexity index is 1610. The molecule has 14 heteroatoms. The number of anilines is 3. The number of ether oxygens (including phenoxy) is 4. The number of carbonyl (C=O) groups is 1. The van der Waals surface area contributed by atoms with Crippen LogP contribution >= 0.6 is 0 Å². The number of urea groups is 1. The van der Waals surface area contributed by atoms with E-state index in [-0.39, 0.29) is 11.4 Å². The highest BCUT2D eigenvalue weighted by atomic mass is 19.4. The third-order valence-corrected chi connectivity index (χ3v) is 6.65. The smallest absolute Gasteiger partial charge is 0.495 e. The highest BCUT2D eigenvalue weighted by Gasteiger charge is 2.31. The van der Waals surface area contributed by atoms with Gasteiger partial charge in [0.25, 0.3) is 0 Å². The Morgan fingerprint density at radius 3 is 2.43 bits per heavy atom. The number of amides is 2. The molecular formula is C30H31F3N6O5. The molecule has 44 heavy (non-hydrogen) atoms. The summed E-state index contributed by atoms with van der Waals surface area (Å²) in [6.45, 7) is 6.60. The SMILES string of the molecule is COc1ccc(OC(F)(F)F)cc1NC(=O)Nc1ccc(Oc2cc(C)nc(NCCN3CCOCC3)n2)c2ccccc12. The molecule has 1 saturated heterocycles. The van der Waals surface area contributed by atoms with Crippen molar-refractivity contribution in [2.45, 2.75) is 13.3 Å². The average Bonchev–Trinajstić information content (AvgIpc) is 2.98. The van der Waals surface area contributed by atoms with Crippen LogP contribution in [0.15, 0.2) is 60.7 Å². The molecule has 1 aromatic heterocycles. The second-order valence-corrected chi connectivity index (χ2v) is 9.80. The van der Waals surface area contributed by atoms with Crippen LogP contribution in [-0.4, -0.2) is 73.8 Å². The maximum absolute atomic E-state index is 12.9. The number of methoxy groups -OCH3 is 1. The summed E-state index contributed by atoms with van der Waals surface area (Å²) in [5.41, 5.74) is 1.16. The minimum atomic E-state index is -4.89. The van der Waals surface area contributed by atoms with Crippen molar-refractivity contribution in [1.29, 1.82) is 0 Å². The van der Waals surface area contributed by atoms with Crippen molar-refractivity contribution < 1.29 is 36.9 Å². The summed E-state index contributed by atoms with van der Waals surface area (Å²) in [6.07, 6.45) is -4.89. The fraction of sp³-hybridized carbons (Fsp3) is 0.300. The zero-order valence-electron chi connectivity index (χ0n) is 24.0. The van der Waals surface area contributed by atoms with E-state index in [1.165, 1.54) is 13.2 Å². The topological polar surface area (TPSA) is 119 Å². The predicted octanol–water partition coefficient (Wildman–Crippen LogP) is 6.03. The second kappa shape index (κ2) is 13.7. The van der Waals surface area contributed by atoms with Crippen molar-refractivity contribution in [2.24, 2.45) is 0 Å². The number of nitrogens with zero attached hydrogens (tertiary/aromatic N) is 3. The molecule has 0 bridgehead atoms. The van der Waals surface area contributed by atoms with Crippen LogP contribution in [0.5, 0.6) is 23.1 Å². The van der Waals surface area contributed by atoms with E-state index < -0.39 is 18.1 Å². The number of morpholine rings is 1. The summed E-state index contributed by atoms with van der Waals surface area (Å²) in [7, 11) is 1.33. The first-order chi connectivity index (χ1) is 21.2. The lowest BCUT2D eigenvalue weighted by Crippen LogP contribution is -2.39. The summed E-state index contributed by atoms with van der Waals surface area (Å²) in [6, 6.07) is 15.0. The third kappa shape index (κ3) is 8.17. The number of hydrogen-bond acceptors (Lipinski definition) is 9. The third-order valence-electron chi connectivity index (χ3n) is 6.65. The first-order valence-corrected chi connectivity index (χ1v) is 13.8. The Kier molecular flexibility index (Phi) is 9.50. The van der Waals surface area contributed by atoms with Crippen molar-refractivity contribution in [2.75, 3.05) is 62.5 Å². The number of alkyl halides is 3. The molecule has 0 saturated carbocycles. The molecule has 232 valence electrons.